The summed E-state index contributed by atoms with van der Waals surface area (Å²) in [6, 6.07) is 0. The van der Waals surface area contributed by atoms with E-state index in [-0.39, 0.29) is 18.7 Å². The topological polar surface area (TPSA) is 118 Å². The maximum absolute atomic E-state index is 11.8. The molecule has 112 valence electrons. The summed E-state index contributed by atoms with van der Waals surface area (Å²) in [5.74, 6) is -1.31. The first-order valence-corrected chi connectivity index (χ1v) is 7.53. The van der Waals surface area contributed by atoms with E-state index in [2.05, 4.69) is 9.71 Å². The Bertz CT molecular complexity index is 678. The van der Waals surface area contributed by atoms with Crippen molar-refractivity contribution in [1.82, 2.24) is 14.3 Å². The Morgan fingerprint density at radius 2 is 2.00 bits per heavy atom. The minimum absolute atomic E-state index is 0.0757. The highest BCUT2D eigenvalue weighted by atomic mass is 32.2. The predicted molar refractivity (Wildman–Crippen MR) is 72.2 cm³/mol. The molecule has 8 nitrogen and oxygen atoms in total. The van der Waals surface area contributed by atoms with Gasteiger partial charge in [0, 0.05) is 23.5 Å². The van der Waals surface area contributed by atoms with Crippen LogP contribution in [0.4, 0.5) is 0 Å². The van der Waals surface area contributed by atoms with Crippen LogP contribution in [-0.4, -0.2) is 41.8 Å². The van der Waals surface area contributed by atoms with E-state index >= 15 is 0 Å². The lowest BCUT2D eigenvalue weighted by Crippen LogP contribution is -2.33. The number of hydrogen-bond donors (Lipinski definition) is 2. The molecule has 0 aliphatic heterocycles. The van der Waals surface area contributed by atoms with Crippen LogP contribution in [0.25, 0.3) is 0 Å². The molecule has 0 atom stereocenters. The molecule has 0 radical (unpaired) electrons. The lowest BCUT2D eigenvalue weighted by Gasteiger charge is -2.14. The third kappa shape index (κ3) is 3.87. The Morgan fingerprint density at radius 1 is 1.40 bits per heavy atom. The number of aryl methyl sites for hydroxylation is 1. The van der Waals surface area contributed by atoms with Crippen LogP contribution in [0.15, 0.2) is 4.79 Å². The van der Waals surface area contributed by atoms with Crippen molar-refractivity contribution in [3.8, 4) is 0 Å². The Morgan fingerprint density at radius 3 is 2.50 bits per heavy atom. The molecule has 0 amide bonds. The van der Waals surface area contributed by atoms with E-state index in [0.717, 1.165) is 0 Å². The van der Waals surface area contributed by atoms with Crippen LogP contribution in [0.5, 0.6) is 0 Å². The summed E-state index contributed by atoms with van der Waals surface area (Å²) in [4.78, 5) is 26.3. The minimum atomic E-state index is -3.45. The highest BCUT2D eigenvalue weighted by molar-refractivity contribution is 7.89. The second-order valence-corrected chi connectivity index (χ2v) is 6.33. The second-order valence-electron chi connectivity index (χ2n) is 4.29. The van der Waals surface area contributed by atoms with Gasteiger partial charge in [0.15, 0.2) is 0 Å². The summed E-state index contributed by atoms with van der Waals surface area (Å²) in [7, 11) is -2.17. The van der Waals surface area contributed by atoms with Gasteiger partial charge < -0.3 is 5.11 Å². The fourth-order valence-corrected chi connectivity index (χ4v) is 2.45. The van der Waals surface area contributed by atoms with E-state index < -0.39 is 21.7 Å². The summed E-state index contributed by atoms with van der Waals surface area (Å²) >= 11 is 0. The van der Waals surface area contributed by atoms with Gasteiger partial charge in [-0.1, -0.05) is 0 Å². The number of sulfonamides is 1. The van der Waals surface area contributed by atoms with Crippen LogP contribution in [0.3, 0.4) is 0 Å². The number of nitrogens with one attached hydrogen (secondary N) is 1. The molecule has 20 heavy (non-hydrogen) atoms. The van der Waals surface area contributed by atoms with Crippen LogP contribution in [0.2, 0.25) is 0 Å². The molecule has 1 rings (SSSR count). The van der Waals surface area contributed by atoms with Crippen molar-refractivity contribution >= 4 is 16.0 Å². The van der Waals surface area contributed by atoms with E-state index in [1.54, 1.807) is 13.8 Å². The van der Waals surface area contributed by atoms with Crippen molar-refractivity contribution in [3.63, 3.8) is 0 Å². The van der Waals surface area contributed by atoms with Crippen molar-refractivity contribution in [1.29, 1.82) is 0 Å². The van der Waals surface area contributed by atoms with Gasteiger partial charge in [0.2, 0.25) is 10.0 Å². The fourth-order valence-electron chi connectivity index (χ4n) is 1.82. The number of carboxylic acids is 1. The lowest BCUT2D eigenvalue weighted by atomic mass is 10.1. The molecule has 1 aromatic heterocycles. The zero-order chi connectivity index (χ0) is 15.5. The molecule has 0 bridgehead atoms. The van der Waals surface area contributed by atoms with Gasteiger partial charge in [-0.2, -0.15) is 4.98 Å². The maximum atomic E-state index is 11.8. The monoisotopic (exact) mass is 303 g/mol. The van der Waals surface area contributed by atoms with Gasteiger partial charge in [0.05, 0.1) is 12.2 Å². The summed E-state index contributed by atoms with van der Waals surface area (Å²) in [6.45, 7) is 3.06. The molecule has 0 saturated heterocycles. The van der Waals surface area contributed by atoms with E-state index in [9.17, 15) is 18.0 Å². The van der Waals surface area contributed by atoms with Crippen molar-refractivity contribution in [2.75, 3.05) is 12.8 Å². The zero-order valence-corrected chi connectivity index (χ0v) is 12.3. The number of aliphatic carboxylic acids is 1. The van der Waals surface area contributed by atoms with Gasteiger partial charge in [-0.15, -0.1) is 0 Å². The Labute approximate surface area is 116 Å². The zero-order valence-electron chi connectivity index (χ0n) is 11.5. The van der Waals surface area contributed by atoms with Gasteiger partial charge in [-0.05, 0) is 20.9 Å². The van der Waals surface area contributed by atoms with Gasteiger partial charge in [0.25, 0.3) is 0 Å². The normalized spacial score (nSPS) is 11.6. The molecule has 0 aliphatic carbocycles. The number of rotatable bonds is 6. The number of nitrogens with zero attached hydrogens (tertiary/aromatic N) is 2. The first kappa shape index (κ1) is 16.3. The molecule has 0 aromatic carbocycles. The molecule has 0 unspecified atom stereocenters. The van der Waals surface area contributed by atoms with Crippen LogP contribution < -0.4 is 10.4 Å². The molecule has 0 saturated carbocycles. The van der Waals surface area contributed by atoms with E-state index in [1.807, 2.05) is 0 Å². The highest BCUT2D eigenvalue weighted by Crippen LogP contribution is 2.10. The molecule has 1 aromatic rings. The molecule has 9 heteroatoms. The van der Waals surface area contributed by atoms with Crippen molar-refractivity contribution in [2.24, 2.45) is 0 Å². The standard InChI is InChI=1S/C11H17N3O5S/c1-7-9(6-10(15)16)8(2)14(11(17)13-7)4-5-20(18,19)12-3/h12H,4-6H2,1-3H3,(H,15,16). The van der Waals surface area contributed by atoms with Gasteiger partial charge in [-0.3, -0.25) is 9.36 Å². The van der Waals surface area contributed by atoms with Crippen molar-refractivity contribution in [2.45, 2.75) is 26.8 Å². The van der Waals surface area contributed by atoms with Gasteiger partial charge in [-0.25, -0.2) is 17.9 Å². The second kappa shape index (κ2) is 6.14. The Hall–Kier alpha value is -1.74. The molecule has 1 heterocycles. The first-order chi connectivity index (χ1) is 9.18. The third-order valence-electron chi connectivity index (χ3n) is 3.00. The molecule has 2 N–H and O–H groups in total. The van der Waals surface area contributed by atoms with E-state index in [1.165, 1.54) is 11.6 Å². The van der Waals surface area contributed by atoms with E-state index in [0.29, 0.717) is 17.0 Å². The number of carboxylic acid groups (broad SMARTS) is 1. The van der Waals surface area contributed by atoms with Crippen molar-refractivity contribution < 1.29 is 18.3 Å². The lowest BCUT2D eigenvalue weighted by molar-refractivity contribution is -0.136. The van der Waals surface area contributed by atoms with Gasteiger partial charge >= 0.3 is 11.7 Å². The Kier molecular flexibility index (Phi) is 5.01. The summed E-state index contributed by atoms with van der Waals surface area (Å²) in [5.41, 5.74) is 0.623. The predicted octanol–water partition coefficient (Wildman–Crippen LogP) is -0.964. The quantitative estimate of drug-likeness (QED) is 0.698. The molecule has 0 fully saturated rings. The molecular weight excluding hydrogens is 286 g/mol. The number of aromatic nitrogens is 2. The molecular formula is C11H17N3O5S. The molecule has 0 aliphatic rings. The Balaban J connectivity index is 3.20. The third-order valence-corrected chi connectivity index (χ3v) is 4.34. The summed E-state index contributed by atoms with van der Waals surface area (Å²) < 4.78 is 26.1. The van der Waals surface area contributed by atoms with Crippen LogP contribution in [0.1, 0.15) is 17.0 Å². The fraction of sp³-hybridized carbons (Fsp3) is 0.545. The summed E-state index contributed by atoms with van der Waals surface area (Å²) in [5, 5.41) is 8.85. The average molecular weight is 303 g/mol. The molecule has 0 spiro atoms. The van der Waals surface area contributed by atoms with E-state index in [4.69, 9.17) is 5.11 Å². The smallest absolute Gasteiger partial charge is 0.348 e. The minimum Gasteiger partial charge on any atom is -0.481 e. The van der Waals surface area contributed by atoms with Crippen molar-refractivity contribution in [3.05, 3.63) is 27.4 Å². The number of carbonyl (C=O) groups is 1. The largest absolute Gasteiger partial charge is 0.481 e. The summed E-state index contributed by atoms with van der Waals surface area (Å²) in [6.07, 6.45) is -0.260. The van der Waals surface area contributed by atoms with Crippen LogP contribution >= 0.6 is 0 Å². The SMILES string of the molecule is CNS(=O)(=O)CCn1c(C)c(CC(=O)O)c(C)nc1=O. The average Bonchev–Trinajstić information content (AvgIpc) is 2.33. The van der Waals surface area contributed by atoms with Gasteiger partial charge in [0.1, 0.15) is 0 Å². The van der Waals surface area contributed by atoms with Crippen LogP contribution in [-0.2, 0) is 27.8 Å². The maximum Gasteiger partial charge on any atom is 0.348 e. The first-order valence-electron chi connectivity index (χ1n) is 5.88. The number of hydrogen-bond acceptors (Lipinski definition) is 5. The highest BCUT2D eigenvalue weighted by Gasteiger charge is 2.16. The van der Waals surface area contributed by atoms with Crippen LogP contribution in [0, 0.1) is 13.8 Å².